The van der Waals surface area contributed by atoms with Crippen molar-refractivity contribution < 1.29 is 4.79 Å². The first-order chi connectivity index (χ1) is 11.5. The van der Waals surface area contributed by atoms with Crippen molar-refractivity contribution in [2.75, 3.05) is 13.6 Å². The number of hydrogen-bond donors (Lipinski definition) is 2. The molecule has 2 aromatic rings. The summed E-state index contributed by atoms with van der Waals surface area (Å²) in [5.41, 5.74) is 3.58. The summed E-state index contributed by atoms with van der Waals surface area (Å²) in [5, 5.41) is 11.3. The summed E-state index contributed by atoms with van der Waals surface area (Å²) in [6, 6.07) is 6.10. The van der Waals surface area contributed by atoms with E-state index >= 15 is 0 Å². The van der Waals surface area contributed by atoms with Gasteiger partial charge in [-0.25, -0.2) is 4.68 Å². The van der Waals surface area contributed by atoms with E-state index in [2.05, 4.69) is 15.7 Å². The highest BCUT2D eigenvalue weighted by Gasteiger charge is 2.33. The minimum atomic E-state index is -0.0662. The summed E-state index contributed by atoms with van der Waals surface area (Å²) < 4.78 is 1.86. The second-order valence-electron chi connectivity index (χ2n) is 6.46. The van der Waals surface area contributed by atoms with Gasteiger partial charge < -0.3 is 10.6 Å². The van der Waals surface area contributed by atoms with Crippen molar-refractivity contribution in [3.8, 4) is 5.69 Å². The number of carbonyl (C=O) groups excluding carboxylic acids is 1. The van der Waals surface area contributed by atoms with Crippen LogP contribution in [0.5, 0.6) is 0 Å². The van der Waals surface area contributed by atoms with Crippen LogP contribution in [-0.4, -0.2) is 35.3 Å². The third kappa shape index (κ3) is 4.35. The Balaban J connectivity index is 0.00000225. The summed E-state index contributed by atoms with van der Waals surface area (Å²) >= 11 is 6.25. The third-order valence-corrected chi connectivity index (χ3v) is 4.88. The highest BCUT2D eigenvalue weighted by atomic mass is 35.5. The largest absolute Gasteiger partial charge is 0.350 e. The van der Waals surface area contributed by atoms with Gasteiger partial charge in [0.05, 0.1) is 23.1 Å². The second-order valence-corrected chi connectivity index (χ2v) is 6.87. The van der Waals surface area contributed by atoms with Crippen molar-refractivity contribution >= 4 is 29.9 Å². The fourth-order valence-electron chi connectivity index (χ4n) is 2.64. The lowest BCUT2D eigenvalue weighted by Crippen LogP contribution is -2.37. The molecule has 1 aromatic heterocycles. The van der Waals surface area contributed by atoms with Gasteiger partial charge in [0, 0.05) is 23.5 Å². The van der Waals surface area contributed by atoms with Crippen LogP contribution in [-0.2, 0) is 0 Å². The van der Waals surface area contributed by atoms with E-state index in [1.165, 1.54) is 0 Å². The number of amides is 1. The molecule has 7 heteroatoms. The quantitative estimate of drug-likeness (QED) is 0.803. The molecule has 25 heavy (non-hydrogen) atoms. The van der Waals surface area contributed by atoms with Gasteiger partial charge in [-0.15, -0.1) is 12.4 Å². The molecule has 136 valence electrons. The van der Waals surface area contributed by atoms with E-state index in [4.69, 9.17) is 11.6 Å². The first kappa shape index (κ1) is 19.8. The molecule has 0 bridgehead atoms. The number of carbonyl (C=O) groups is 1. The molecule has 1 fully saturated rings. The third-order valence-electron chi connectivity index (χ3n) is 4.48. The predicted octanol–water partition coefficient (Wildman–Crippen LogP) is 3.47. The van der Waals surface area contributed by atoms with Crippen molar-refractivity contribution in [1.82, 2.24) is 20.4 Å². The zero-order valence-corrected chi connectivity index (χ0v) is 16.2. The first-order valence-electron chi connectivity index (χ1n) is 8.31. The van der Waals surface area contributed by atoms with Crippen molar-refractivity contribution in [3.05, 3.63) is 46.2 Å². The van der Waals surface area contributed by atoms with Gasteiger partial charge >= 0.3 is 0 Å². The molecule has 0 saturated heterocycles. The van der Waals surface area contributed by atoms with Gasteiger partial charge in [-0.3, -0.25) is 4.79 Å². The van der Waals surface area contributed by atoms with Gasteiger partial charge in [0.1, 0.15) is 0 Å². The van der Waals surface area contributed by atoms with Gasteiger partial charge in [-0.2, -0.15) is 5.10 Å². The Morgan fingerprint density at radius 3 is 2.76 bits per heavy atom. The van der Waals surface area contributed by atoms with E-state index in [9.17, 15) is 4.79 Å². The van der Waals surface area contributed by atoms with Crippen LogP contribution < -0.4 is 10.6 Å². The molecule has 5 nitrogen and oxygen atoms in total. The molecule has 3 rings (SSSR count). The number of aromatic nitrogens is 2. The van der Waals surface area contributed by atoms with Crippen molar-refractivity contribution in [3.63, 3.8) is 0 Å². The number of nitrogens with one attached hydrogen (secondary N) is 2. The lowest BCUT2D eigenvalue weighted by atomic mass is 10.1. The molecule has 2 N–H and O–H groups in total. The van der Waals surface area contributed by atoms with Crippen LogP contribution in [0.2, 0.25) is 5.02 Å². The van der Waals surface area contributed by atoms with E-state index < -0.39 is 0 Å². The fraction of sp³-hybridized carbons (Fsp3) is 0.444. The number of nitrogens with zero attached hydrogens (tertiary/aromatic N) is 2. The van der Waals surface area contributed by atoms with E-state index in [0.29, 0.717) is 23.0 Å². The van der Waals surface area contributed by atoms with Crippen molar-refractivity contribution in [2.24, 2.45) is 0 Å². The zero-order chi connectivity index (χ0) is 17.3. The van der Waals surface area contributed by atoms with Gasteiger partial charge in [-0.1, -0.05) is 17.7 Å². The molecule has 0 spiro atoms. The maximum atomic E-state index is 12.6. The number of rotatable bonds is 6. The number of aryl methyl sites for hydroxylation is 1. The number of hydrogen-bond acceptors (Lipinski definition) is 3. The lowest BCUT2D eigenvalue weighted by molar-refractivity contribution is 0.0949. The van der Waals surface area contributed by atoms with Crippen LogP contribution >= 0.6 is 24.0 Å². The van der Waals surface area contributed by atoms with Crippen LogP contribution in [0.15, 0.2) is 24.4 Å². The van der Waals surface area contributed by atoms with E-state index in [1.807, 2.05) is 43.8 Å². The Morgan fingerprint density at radius 1 is 1.44 bits per heavy atom. The SMILES string of the molecule is CNC(C)CNC(=O)c1cnn(-c2ccc(C)c(Cl)c2)c1C1CC1.Cl. The lowest BCUT2D eigenvalue weighted by Gasteiger charge is -2.13. The topological polar surface area (TPSA) is 58.9 Å². The van der Waals surface area contributed by atoms with Crippen LogP contribution in [0, 0.1) is 6.92 Å². The highest BCUT2D eigenvalue weighted by Crippen LogP contribution is 2.42. The predicted molar refractivity (Wildman–Crippen MR) is 103 cm³/mol. The average Bonchev–Trinajstić information content (AvgIpc) is 3.33. The van der Waals surface area contributed by atoms with E-state index in [-0.39, 0.29) is 24.4 Å². The Kier molecular flexibility index (Phi) is 6.49. The maximum Gasteiger partial charge on any atom is 0.254 e. The standard InChI is InChI=1S/C18H23ClN4O.ClH/c1-11-4-7-14(8-16(11)19)23-17(13-5-6-13)15(10-22-23)18(24)21-9-12(2)20-3;/h4,7-8,10,12-13,20H,5-6,9H2,1-3H3,(H,21,24);1H. The maximum absolute atomic E-state index is 12.6. The van der Waals surface area contributed by atoms with Gasteiger partial charge in [0.25, 0.3) is 5.91 Å². The summed E-state index contributed by atoms with van der Waals surface area (Å²) in [4.78, 5) is 12.6. The molecular weight excluding hydrogens is 359 g/mol. The Labute approximate surface area is 159 Å². The van der Waals surface area contributed by atoms with E-state index in [1.54, 1.807) is 6.20 Å². The van der Waals surface area contributed by atoms with E-state index in [0.717, 1.165) is 29.8 Å². The van der Waals surface area contributed by atoms with Gasteiger partial charge in [0.2, 0.25) is 0 Å². The first-order valence-corrected chi connectivity index (χ1v) is 8.69. The molecule has 0 aliphatic heterocycles. The molecule has 0 radical (unpaired) electrons. The van der Waals surface area contributed by atoms with Gasteiger partial charge in [0.15, 0.2) is 0 Å². The van der Waals surface area contributed by atoms with Crippen molar-refractivity contribution in [2.45, 2.75) is 38.6 Å². The molecule has 1 aliphatic rings. The normalized spacial score (nSPS) is 14.7. The minimum absolute atomic E-state index is 0. The zero-order valence-electron chi connectivity index (χ0n) is 14.7. The molecule has 1 heterocycles. The Hall–Kier alpha value is -1.56. The molecule has 1 aliphatic carbocycles. The van der Waals surface area contributed by atoms with Crippen LogP contribution in [0.3, 0.4) is 0 Å². The Bertz CT molecular complexity index is 756. The number of benzene rings is 1. The van der Waals surface area contributed by atoms with Crippen LogP contribution in [0.25, 0.3) is 5.69 Å². The van der Waals surface area contributed by atoms with Gasteiger partial charge in [-0.05, 0) is 51.4 Å². The molecule has 1 unspecified atom stereocenters. The molecule has 1 amide bonds. The fourth-order valence-corrected chi connectivity index (χ4v) is 2.82. The average molecular weight is 383 g/mol. The summed E-state index contributed by atoms with van der Waals surface area (Å²) in [6.45, 7) is 4.58. The minimum Gasteiger partial charge on any atom is -0.350 e. The van der Waals surface area contributed by atoms with Crippen LogP contribution in [0.4, 0.5) is 0 Å². The second kappa shape index (κ2) is 8.21. The number of halogens is 2. The van der Waals surface area contributed by atoms with Crippen LogP contribution in [0.1, 0.15) is 47.3 Å². The monoisotopic (exact) mass is 382 g/mol. The highest BCUT2D eigenvalue weighted by molar-refractivity contribution is 6.31. The Morgan fingerprint density at radius 2 is 2.16 bits per heavy atom. The molecule has 1 saturated carbocycles. The molecular formula is C18H24Cl2N4O. The molecule has 1 aromatic carbocycles. The molecule has 1 atom stereocenters. The smallest absolute Gasteiger partial charge is 0.254 e. The summed E-state index contributed by atoms with van der Waals surface area (Å²) in [7, 11) is 1.88. The number of likely N-dealkylation sites (N-methyl/N-ethyl adjacent to an activating group) is 1. The van der Waals surface area contributed by atoms with Crippen molar-refractivity contribution in [1.29, 1.82) is 0 Å². The summed E-state index contributed by atoms with van der Waals surface area (Å²) in [6.07, 6.45) is 3.86. The summed E-state index contributed by atoms with van der Waals surface area (Å²) in [5.74, 6) is 0.332.